The first-order chi connectivity index (χ1) is 15.9. The van der Waals surface area contributed by atoms with Crippen LogP contribution in [0.1, 0.15) is 6.92 Å². The molecule has 2 N–H and O–H groups in total. The van der Waals surface area contributed by atoms with Crippen LogP contribution in [0.4, 0.5) is 11.5 Å². The first-order valence-corrected chi connectivity index (χ1v) is 11.9. The molecular weight excluding hydrogens is 436 g/mol. The summed E-state index contributed by atoms with van der Waals surface area (Å²) < 4.78 is 25.3. The maximum absolute atomic E-state index is 12.6. The maximum Gasteiger partial charge on any atom is 0.221 e. The number of anilines is 2. The second kappa shape index (κ2) is 9.62. The zero-order valence-corrected chi connectivity index (χ0v) is 18.7. The number of carbonyl (C=O) groups is 1. The van der Waals surface area contributed by atoms with Gasteiger partial charge in [0.05, 0.1) is 16.3 Å². The Hall–Kier alpha value is -4.04. The molecule has 0 saturated carbocycles. The van der Waals surface area contributed by atoms with Gasteiger partial charge >= 0.3 is 0 Å². The van der Waals surface area contributed by atoms with Crippen LogP contribution in [0.2, 0.25) is 0 Å². The lowest BCUT2D eigenvalue weighted by atomic mass is 10.1. The molecule has 33 heavy (non-hydrogen) atoms. The Bertz CT molecular complexity index is 1420. The minimum atomic E-state index is -3.53. The molecule has 0 saturated heterocycles. The van der Waals surface area contributed by atoms with Crippen LogP contribution in [-0.4, -0.2) is 30.0 Å². The van der Waals surface area contributed by atoms with Gasteiger partial charge in [0.1, 0.15) is 5.52 Å². The van der Waals surface area contributed by atoms with Gasteiger partial charge in [0, 0.05) is 29.8 Å². The van der Waals surface area contributed by atoms with Gasteiger partial charge in [-0.05, 0) is 42.6 Å². The van der Waals surface area contributed by atoms with Gasteiger partial charge in [0.25, 0.3) is 0 Å². The highest BCUT2D eigenvalue weighted by molar-refractivity contribution is 7.91. The first kappa shape index (κ1) is 22.2. The number of nitrogens with one attached hydrogen (secondary N) is 2. The molecule has 2 heterocycles. The van der Waals surface area contributed by atoms with Crippen molar-refractivity contribution >= 4 is 38.2 Å². The van der Waals surface area contributed by atoms with E-state index in [4.69, 9.17) is 0 Å². The monoisotopic (exact) mass is 458 g/mol. The summed E-state index contributed by atoms with van der Waals surface area (Å²) >= 11 is 0. The second-order valence-electron chi connectivity index (χ2n) is 7.33. The van der Waals surface area contributed by atoms with Gasteiger partial charge in [-0.25, -0.2) is 13.4 Å². The van der Waals surface area contributed by atoms with Crippen molar-refractivity contribution in [3.05, 3.63) is 91.3 Å². The third kappa shape index (κ3) is 5.42. The fraction of sp³-hybridized carbons (Fsp3) is 0.0800. The lowest BCUT2D eigenvalue weighted by molar-refractivity contribution is -0.114. The summed E-state index contributed by atoms with van der Waals surface area (Å²) in [5.74, 6) is 0.135. The molecule has 0 radical (unpaired) electrons. The molecule has 4 rings (SSSR count). The molecule has 1 amide bonds. The van der Waals surface area contributed by atoms with Crippen LogP contribution in [0.25, 0.3) is 22.2 Å². The molecule has 0 aliphatic heterocycles. The van der Waals surface area contributed by atoms with Crippen molar-refractivity contribution in [3.63, 3.8) is 0 Å². The van der Waals surface area contributed by atoms with Crippen LogP contribution in [0.3, 0.4) is 0 Å². The Morgan fingerprint density at radius 3 is 2.48 bits per heavy atom. The molecule has 0 aliphatic carbocycles. The van der Waals surface area contributed by atoms with E-state index in [1.54, 1.807) is 24.5 Å². The van der Waals surface area contributed by atoms with Gasteiger partial charge in [-0.15, -0.1) is 0 Å². The molecule has 0 spiro atoms. The number of fused-ring (bicyclic) bond motifs is 1. The lowest BCUT2D eigenvalue weighted by Crippen LogP contribution is -2.08. The van der Waals surface area contributed by atoms with Crippen molar-refractivity contribution in [1.29, 1.82) is 0 Å². The van der Waals surface area contributed by atoms with E-state index in [1.807, 2.05) is 48.5 Å². The number of hydrogen-bond donors (Lipinski definition) is 2. The maximum atomic E-state index is 12.6. The van der Waals surface area contributed by atoms with Crippen molar-refractivity contribution in [2.24, 2.45) is 0 Å². The normalized spacial score (nSPS) is 11.5. The van der Waals surface area contributed by atoms with Crippen molar-refractivity contribution < 1.29 is 13.2 Å². The highest BCUT2D eigenvalue weighted by Gasteiger charge is 2.13. The smallest absolute Gasteiger partial charge is 0.221 e. The molecule has 0 bridgehead atoms. The SMILES string of the molecule is CC(=O)Nc1ccc(S(=O)(=O)CC=CNc2nc(-c3ccccc3)cc3cccnc23)cc1. The lowest BCUT2D eigenvalue weighted by Gasteiger charge is -2.09. The molecule has 0 fully saturated rings. The number of sulfone groups is 1. The largest absolute Gasteiger partial charge is 0.345 e. The average Bonchev–Trinajstić information content (AvgIpc) is 2.82. The summed E-state index contributed by atoms with van der Waals surface area (Å²) in [6.07, 6.45) is 4.79. The fourth-order valence-corrected chi connectivity index (χ4v) is 4.39. The number of nitrogens with zero attached hydrogens (tertiary/aromatic N) is 2. The Morgan fingerprint density at radius 1 is 1.00 bits per heavy atom. The summed E-state index contributed by atoms with van der Waals surface area (Å²) in [5, 5.41) is 6.63. The topological polar surface area (TPSA) is 101 Å². The molecule has 0 aliphatic rings. The standard InChI is InChI=1S/C25H22N4O3S/c1-18(30)28-21-10-12-22(13-11-21)33(31,32)16-6-15-27-25-24-20(9-5-14-26-24)17-23(29-25)19-7-3-2-4-8-19/h2-15,17H,16H2,1H3,(H,27,29)(H,28,30). The average molecular weight is 459 g/mol. The molecule has 2 aromatic heterocycles. The van der Waals surface area contributed by atoms with E-state index in [0.717, 1.165) is 16.6 Å². The van der Waals surface area contributed by atoms with E-state index in [9.17, 15) is 13.2 Å². The molecule has 2 aromatic carbocycles. The predicted octanol–water partition coefficient (Wildman–Crippen LogP) is 4.65. The van der Waals surface area contributed by atoms with Gasteiger partial charge in [-0.3, -0.25) is 9.78 Å². The minimum Gasteiger partial charge on any atom is -0.345 e. The van der Waals surface area contributed by atoms with Gasteiger partial charge < -0.3 is 10.6 Å². The van der Waals surface area contributed by atoms with E-state index in [1.165, 1.54) is 25.1 Å². The molecule has 7 nitrogen and oxygen atoms in total. The quantitative estimate of drug-likeness (QED) is 0.418. The van der Waals surface area contributed by atoms with Crippen molar-refractivity contribution in [3.8, 4) is 11.3 Å². The number of carbonyl (C=O) groups excluding carboxylic acids is 1. The van der Waals surface area contributed by atoms with Gasteiger partial charge in [0.15, 0.2) is 15.7 Å². The predicted molar refractivity (Wildman–Crippen MR) is 131 cm³/mol. The number of hydrogen-bond acceptors (Lipinski definition) is 6. The fourth-order valence-electron chi connectivity index (χ4n) is 3.30. The van der Waals surface area contributed by atoms with Crippen LogP contribution in [0, 0.1) is 0 Å². The van der Waals surface area contributed by atoms with Crippen LogP contribution in [0.5, 0.6) is 0 Å². The number of rotatable bonds is 7. The van der Waals surface area contributed by atoms with E-state index in [0.29, 0.717) is 17.0 Å². The van der Waals surface area contributed by atoms with Crippen LogP contribution in [0.15, 0.2) is 96.2 Å². The Morgan fingerprint density at radius 2 is 1.76 bits per heavy atom. The summed E-state index contributed by atoms with van der Waals surface area (Å²) in [6.45, 7) is 1.39. The third-order valence-corrected chi connectivity index (χ3v) is 6.47. The molecule has 8 heteroatoms. The van der Waals surface area contributed by atoms with E-state index in [2.05, 4.69) is 20.6 Å². The first-order valence-electron chi connectivity index (χ1n) is 10.3. The third-order valence-electron chi connectivity index (χ3n) is 4.84. The Labute approximate surface area is 192 Å². The summed E-state index contributed by atoms with van der Waals surface area (Å²) in [7, 11) is -3.53. The zero-order chi connectivity index (χ0) is 23.3. The highest BCUT2D eigenvalue weighted by atomic mass is 32.2. The molecule has 0 unspecified atom stereocenters. The minimum absolute atomic E-state index is 0.178. The summed E-state index contributed by atoms with van der Waals surface area (Å²) in [4.78, 5) is 20.4. The van der Waals surface area contributed by atoms with Crippen LogP contribution >= 0.6 is 0 Å². The van der Waals surface area contributed by atoms with Crippen molar-refractivity contribution in [2.45, 2.75) is 11.8 Å². The highest BCUT2D eigenvalue weighted by Crippen LogP contribution is 2.26. The van der Waals surface area contributed by atoms with E-state index >= 15 is 0 Å². The van der Waals surface area contributed by atoms with Gasteiger partial charge in [0.2, 0.25) is 5.91 Å². The van der Waals surface area contributed by atoms with Gasteiger partial charge in [-0.1, -0.05) is 42.5 Å². The van der Waals surface area contributed by atoms with E-state index in [-0.39, 0.29) is 16.6 Å². The summed E-state index contributed by atoms with van der Waals surface area (Å²) in [5.41, 5.74) is 3.00. The molecule has 0 atom stereocenters. The molecule has 4 aromatic rings. The molecular formula is C25H22N4O3S. The number of benzene rings is 2. The van der Waals surface area contributed by atoms with Gasteiger partial charge in [-0.2, -0.15) is 0 Å². The Balaban J connectivity index is 1.52. The van der Waals surface area contributed by atoms with Crippen LogP contribution < -0.4 is 10.6 Å². The number of amides is 1. The number of pyridine rings is 2. The number of aromatic nitrogens is 2. The zero-order valence-electron chi connectivity index (χ0n) is 17.9. The van der Waals surface area contributed by atoms with E-state index < -0.39 is 9.84 Å². The Kier molecular flexibility index (Phi) is 6.46. The van der Waals surface area contributed by atoms with Crippen LogP contribution in [-0.2, 0) is 14.6 Å². The van der Waals surface area contributed by atoms with Crippen molar-refractivity contribution in [2.75, 3.05) is 16.4 Å². The molecule has 166 valence electrons. The summed E-state index contributed by atoms with van der Waals surface area (Å²) in [6, 6.07) is 21.7. The second-order valence-corrected chi connectivity index (χ2v) is 9.37. The van der Waals surface area contributed by atoms with Crippen molar-refractivity contribution in [1.82, 2.24) is 9.97 Å².